The first-order chi connectivity index (χ1) is 14.4. The molecule has 2 heteroatoms. The Kier molecular flexibility index (Phi) is 4.80. The van der Waals surface area contributed by atoms with Gasteiger partial charge in [-0.3, -0.25) is 0 Å². The summed E-state index contributed by atoms with van der Waals surface area (Å²) in [7, 11) is 0. The molecule has 31 heavy (non-hydrogen) atoms. The molecule has 5 saturated carbocycles. The Hall–Kier alpha value is -0.340. The molecule has 0 aromatic carbocycles. The molecule has 0 bridgehead atoms. The Morgan fingerprint density at radius 3 is 2.23 bits per heavy atom. The van der Waals surface area contributed by atoms with Crippen molar-refractivity contribution in [1.82, 2.24) is 0 Å². The van der Waals surface area contributed by atoms with Crippen molar-refractivity contribution in [2.45, 2.75) is 118 Å². The van der Waals surface area contributed by atoms with E-state index in [1.54, 1.807) is 0 Å². The van der Waals surface area contributed by atoms with E-state index in [1.165, 1.54) is 51.4 Å². The second kappa shape index (κ2) is 6.62. The van der Waals surface area contributed by atoms with E-state index in [9.17, 15) is 10.2 Å². The maximum absolute atomic E-state index is 10.8. The van der Waals surface area contributed by atoms with Crippen LogP contribution in [0.5, 0.6) is 0 Å². The predicted octanol–water partition coefficient (Wildman–Crippen LogP) is 6.75. The number of aliphatic hydroxyl groups is 2. The third kappa shape index (κ3) is 2.59. The minimum absolute atomic E-state index is 0.0831. The third-order valence-electron chi connectivity index (χ3n) is 13.0. The molecule has 0 radical (unpaired) electrons. The van der Waals surface area contributed by atoms with Crippen LogP contribution in [0.1, 0.15) is 106 Å². The maximum Gasteiger partial charge on any atom is 0.0747 e. The van der Waals surface area contributed by atoms with Crippen LogP contribution in [0.3, 0.4) is 0 Å². The largest absolute Gasteiger partial charge is 0.393 e. The van der Waals surface area contributed by atoms with E-state index < -0.39 is 0 Å². The van der Waals surface area contributed by atoms with Crippen molar-refractivity contribution in [3.63, 3.8) is 0 Å². The molecule has 5 aliphatic carbocycles. The molecule has 5 fully saturated rings. The van der Waals surface area contributed by atoms with Gasteiger partial charge in [0.25, 0.3) is 0 Å². The van der Waals surface area contributed by atoms with Crippen LogP contribution >= 0.6 is 0 Å². The molecule has 0 saturated heterocycles. The summed E-state index contributed by atoms with van der Waals surface area (Å²) in [5.74, 6) is 2.86. The lowest BCUT2D eigenvalue weighted by Crippen LogP contribution is -2.57. The zero-order chi connectivity index (χ0) is 22.6. The number of aliphatic hydroxyl groups excluding tert-OH is 2. The summed E-state index contributed by atoms with van der Waals surface area (Å²) in [5.41, 5.74) is 2.94. The first-order valence-corrected chi connectivity index (χ1v) is 13.4. The molecular formula is C29H48O2. The summed E-state index contributed by atoms with van der Waals surface area (Å²) in [6, 6.07) is 0. The van der Waals surface area contributed by atoms with Crippen LogP contribution in [0.2, 0.25) is 0 Å². The van der Waals surface area contributed by atoms with Crippen LogP contribution in [0.4, 0.5) is 0 Å². The standard InChI is InChI=1S/C29H48O2/c1-18(2)21(30)16-19(3)20-10-12-27(7)23-9-8-22-25(4,5)24(31)11-13-28(22)17-29(23,28)15-14-26(20,27)6/h19-24,30-31H,1,8-17H2,2-7H3. The van der Waals surface area contributed by atoms with Crippen molar-refractivity contribution < 1.29 is 10.2 Å². The Morgan fingerprint density at radius 1 is 0.903 bits per heavy atom. The highest BCUT2D eigenvalue weighted by Gasteiger charge is 2.82. The van der Waals surface area contributed by atoms with Crippen LogP contribution in [0.25, 0.3) is 0 Å². The molecule has 10 unspecified atom stereocenters. The van der Waals surface area contributed by atoms with Gasteiger partial charge in [-0.05, 0) is 122 Å². The summed E-state index contributed by atoms with van der Waals surface area (Å²) in [5, 5.41) is 21.3. The molecule has 0 aromatic heterocycles. The van der Waals surface area contributed by atoms with Crippen LogP contribution in [-0.4, -0.2) is 22.4 Å². The van der Waals surface area contributed by atoms with Crippen LogP contribution in [0.15, 0.2) is 12.2 Å². The first kappa shape index (κ1) is 22.5. The van der Waals surface area contributed by atoms with Gasteiger partial charge in [-0.2, -0.15) is 0 Å². The lowest BCUT2D eigenvalue weighted by atomic mass is 9.41. The number of hydrogen-bond donors (Lipinski definition) is 2. The molecule has 0 heterocycles. The van der Waals surface area contributed by atoms with Crippen LogP contribution < -0.4 is 0 Å². The second-order valence-corrected chi connectivity index (χ2v) is 14.1. The highest BCUT2D eigenvalue weighted by molar-refractivity contribution is 5.30. The third-order valence-corrected chi connectivity index (χ3v) is 13.0. The van der Waals surface area contributed by atoms with Crippen LogP contribution in [0, 0.1) is 50.7 Å². The van der Waals surface area contributed by atoms with E-state index in [-0.39, 0.29) is 17.6 Å². The zero-order valence-electron chi connectivity index (χ0n) is 21.1. The average molecular weight is 429 g/mol. The monoisotopic (exact) mass is 428 g/mol. The fraction of sp³-hybridized carbons (Fsp3) is 0.931. The smallest absolute Gasteiger partial charge is 0.0747 e. The van der Waals surface area contributed by atoms with Crippen molar-refractivity contribution >= 4 is 0 Å². The molecule has 0 aromatic rings. The summed E-state index contributed by atoms with van der Waals surface area (Å²) < 4.78 is 0. The highest BCUT2D eigenvalue weighted by atomic mass is 16.3. The van der Waals surface area contributed by atoms with Gasteiger partial charge >= 0.3 is 0 Å². The van der Waals surface area contributed by atoms with Gasteiger partial charge in [0.1, 0.15) is 0 Å². The number of rotatable bonds is 4. The maximum atomic E-state index is 10.8. The molecule has 2 nitrogen and oxygen atoms in total. The summed E-state index contributed by atoms with van der Waals surface area (Å²) >= 11 is 0. The minimum Gasteiger partial charge on any atom is -0.393 e. The van der Waals surface area contributed by atoms with E-state index >= 15 is 0 Å². The molecule has 2 N–H and O–H groups in total. The Labute approximate surface area is 191 Å². The summed E-state index contributed by atoms with van der Waals surface area (Å²) in [4.78, 5) is 0. The Morgan fingerprint density at radius 2 is 1.55 bits per heavy atom. The van der Waals surface area contributed by atoms with Gasteiger partial charge < -0.3 is 10.2 Å². The minimum atomic E-state index is -0.349. The highest BCUT2D eigenvalue weighted by Crippen LogP contribution is 2.89. The molecule has 2 spiro atoms. The average Bonchev–Trinajstić information content (AvgIpc) is 3.27. The fourth-order valence-electron chi connectivity index (χ4n) is 11.0. The zero-order valence-corrected chi connectivity index (χ0v) is 21.1. The van der Waals surface area contributed by atoms with Gasteiger partial charge in [-0.15, -0.1) is 0 Å². The molecule has 0 aliphatic heterocycles. The predicted molar refractivity (Wildman–Crippen MR) is 127 cm³/mol. The van der Waals surface area contributed by atoms with Gasteiger partial charge in [0.2, 0.25) is 0 Å². The molecule has 5 aliphatic rings. The number of hydrogen-bond acceptors (Lipinski definition) is 2. The summed E-state index contributed by atoms with van der Waals surface area (Å²) in [6.07, 6.45) is 12.4. The van der Waals surface area contributed by atoms with Crippen molar-refractivity contribution in [3.8, 4) is 0 Å². The van der Waals surface area contributed by atoms with E-state index in [1.807, 2.05) is 6.92 Å². The quantitative estimate of drug-likeness (QED) is 0.486. The molecular weight excluding hydrogens is 380 g/mol. The lowest BCUT2D eigenvalue weighted by Gasteiger charge is -2.63. The fourth-order valence-corrected chi connectivity index (χ4v) is 11.0. The van der Waals surface area contributed by atoms with Gasteiger partial charge in [-0.25, -0.2) is 0 Å². The number of fused-ring (bicyclic) bond motifs is 2. The van der Waals surface area contributed by atoms with Crippen molar-refractivity contribution in [3.05, 3.63) is 12.2 Å². The van der Waals surface area contributed by atoms with E-state index in [2.05, 4.69) is 41.2 Å². The molecule has 5 rings (SSSR count). The van der Waals surface area contributed by atoms with Crippen molar-refractivity contribution in [1.29, 1.82) is 0 Å². The topological polar surface area (TPSA) is 40.5 Å². The lowest BCUT2D eigenvalue weighted by molar-refractivity contribution is -0.162. The van der Waals surface area contributed by atoms with Crippen molar-refractivity contribution in [2.24, 2.45) is 50.7 Å². The van der Waals surface area contributed by atoms with Gasteiger partial charge in [0, 0.05) is 0 Å². The van der Waals surface area contributed by atoms with Crippen molar-refractivity contribution in [2.75, 3.05) is 0 Å². The van der Waals surface area contributed by atoms with E-state index in [0.29, 0.717) is 27.6 Å². The van der Waals surface area contributed by atoms with Gasteiger partial charge in [-0.1, -0.05) is 46.8 Å². The van der Waals surface area contributed by atoms with E-state index in [4.69, 9.17) is 0 Å². The SMILES string of the molecule is C=C(C)C(O)CC(C)C1CCC2(C)C3CCC4C(C)(C)C(O)CCC45CC35CCC12C. The summed E-state index contributed by atoms with van der Waals surface area (Å²) in [6.45, 7) is 18.4. The Bertz CT molecular complexity index is 771. The molecule has 10 atom stereocenters. The normalized spacial score (nSPS) is 54.1. The van der Waals surface area contributed by atoms with E-state index in [0.717, 1.165) is 36.2 Å². The van der Waals surface area contributed by atoms with Gasteiger partial charge in [0.05, 0.1) is 12.2 Å². The first-order valence-electron chi connectivity index (χ1n) is 13.4. The second-order valence-electron chi connectivity index (χ2n) is 14.1. The Balaban J connectivity index is 1.43. The molecule has 176 valence electrons. The molecule has 0 amide bonds. The van der Waals surface area contributed by atoms with Crippen LogP contribution in [-0.2, 0) is 0 Å². The van der Waals surface area contributed by atoms with Gasteiger partial charge in [0.15, 0.2) is 0 Å².